The largest absolute Gasteiger partial charge is 0.324 e. The van der Waals surface area contributed by atoms with E-state index in [4.69, 9.17) is 0 Å². The standard InChI is InChI=1S/C34H42N4O2/c1-35-30-16-21-38(31(23-30)27-12-6-3-7-13-27)33(40)37-20-15-29(34(25-37)17-8-9-18-34)24-36-19-14-28(22-32(36)39)26-10-4-2-5-11-26/h2-7,10-14,19,22,29-31,35H,8-9,15-18,20-21,23-25H2,1H3/t29-,30+,31-/m0/s1. The average Bonchev–Trinajstić information content (AvgIpc) is 3.48. The number of hydrogen-bond acceptors (Lipinski definition) is 3. The van der Waals surface area contributed by atoms with Gasteiger partial charge < -0.3 is 19.7 Å². The minimum absolute atomic E-state index is 0.0612. The number of piperidine rings is 2. The Bertz CT molecular complexity index is 1350. The first-order valence-electron chi connectivity index (χ1n) is 15.1. The van der Waals surface area contributed by atoms with E-state index in [1.807, 2.05) is 54.2 Å². The summed E-state index contributed by atoms with van der Waals surface area (Å²) in [5.74, 6) is 0.402. The van der Waals surface area contributed by atoms with Gasteiger partial charge in [0.15, 0.2) is 0 Å². The number of nitrogens with zero attached hydrogens (tertiary/aromatic N) is 3. The molecule has 3 heterocycles. The van der Waals surface area contributed by atoms with Crippen LogP contribution in [0.5, 0.6) is 0 Å². The van der Waals surface area contributed by atoms with Gasteiger partial charge in [-0.25, -0.2) is 4.79 Å². The first-order chi connectivity index (χ1) is 19.6. The van der Waals surface area contributed by atoms with Crippen molar-refractivity contribution in [3.05, 3.63) is 94.9 Å². The maximum atomic E-state index is 14.1. The lowest BCUT2D eigenvalue weighted by Crippen LogP contribution is -2.56. The van der Waals surface area contributed by atoms with Crippen LogP contribution in [0.4, 0.5) is 4.79 Å². The van der Waals surface area contributed by atoms with E-state index >= 15 is 0 Å². The van der Waals surface area contributed by atoms with Gasteiger partial charge in [-0.1, -0.05) is 73.5 Å². The van der Waals surface area contributed by atoms with Crippen LogP contribution in [0.25, 0.3) is 11.1 Å². The molecule has 1 spiro atoms. The first-order valence-corrected chi connectivity index (χ1v) is 15.1. The molecule has 2 aromatic carbocycles. The molecule has 1 saturated carbocycles. The van der Waals surface area contributed by atoms with Crippen LogP contribution in [0, 0.1) is 11.3 Å². The van der Waals surface area contributed by atoms with Crippen molar-refractivity contribution in [2.24, 2.45) is 11.3 Å². The van der Waals surface area contributed by atoms with Crippen molar-refractivity contribution < 1.29 is 4.79 Å². The molecular weight excluding hydrogens is 496 g/mol. The van der Waals surface area contributed by atoms with Gasteiger partial charge in [0, 0.05) is 44.5 Å². The first kappa shape index (κ1) is 26.8. The van der Waals surface area contributed by atoms with E-state index in [2.05, 4.69) is 45.4 Å². The molecule has 1 aliphatic carbocycles. The number of pyridine rings is 1. The summed E-state index contributed by atoms with van der Waals surface area (Å²) in [5, 5.41) is 3.45. The molecule has 2 amide bonds. The lowest BCUT2D eigenvalue weighted by Gasteiger charge is -2.49. The molecule has 3 aliphatic rings. The molecule has 210 valence electrons. The number of urea groups is 1. The maximum Gasteiger partial charge on any atom is 0.320 e. The van der Waals surface area contributed by atoms with Crippen LogP contribution in [-0.4, -0.2) is 53.1 Å². The van der Waals surface area contributed by atoms with Gasteiger partial charge in [-0.05, 0) is 73.2 Å². The van der Waals surface area contributed by atoms with E-state index in [1.165, 1.54) is 18.4 Å². The highest BCUT2D eigenvalue weighted by Crippen LogP contribution is 2.49. The van der Waals surface area contributed by atoms with Crippen molar-refractivity contribution in [1.29, 1.82) is 0 Å². The molecule has 0 bridgehead atoms. The second-order valence-electron chi connectivity index (χ2n) is 12.2. The summed E-state index contributed by atoms with van der Waals surface area (Å²) in [6.07, 6.45) is 9.54. The summed E-state index contributed by atoms with van der Waals surface area (Å²) in [6.45, 7) is 3.08. The van der Waals surface area contributed by atoms with E-state index in [1.54, 1.807) is 6.07 Å². The molecule has 40 heavy (non-hydrogen) atoms. The number of amides is 2. The third-order valence-corrected chi connectivity index (χ3v) is 9.95. The highest BCUT2D eigenvalue weighted by molar-refractivity contribution is 5.75. The highest BCUT2D eigenvalue weighted by Gasteiger charge is 2.47. The third kappa shape index (κ3) is 5.34. The van der Waals surface area contributed by atoms with Gasteiger partial charge in [0.05, 0.1) is 6.04 Å². The van der Waals surface area contributed by atoms with E-state index < -0.39 is 0 Å². The fourth-order valence-corrected chi connectivity index (χ4v) is 7.64. The van der Waals surface area contributed by atoms with Crippen LogP contribution < -0.4 is 10.9 Å². The second-order valence-corrected chi connectivity index (χ2v) is 12.2. The van der Waals surface area contributed by atoms with Crippen LogP contribution in [0.2, 0.25) is 0 Å². The molecule has 3 aromatic rings. The normalized spacial score (nSPS) is 24.4. The average molecular weight is 539 g/mol. The Kier molecular flexibility index (Phi) is 7.79. The predicted octanol–water partition coefficient (Wildman–Crippen LogP) is 5.94. The number of hydrogen-bond donors (Lipinski definition) is 1. The Morgan fingerprint density at radius 3 is 2.35 bits per heavy atom. The molecule has 3 atom stereocenters. The molecule has 3 fully saturated rings. The molecular formula is C34H42N4O2. The fourth-order valence-electron chi connectivity index (χ4n) is 7.64. The Morgan fingerprint density at radius 1 is 0.925 bits per heavy atom. The minimum atomic E-state index is 0.0612. The zero-order valence-corrected chi connectivity index (χ0v) is 23.7. The van der Waals surface area contributed by atoms with E-state index in [-0.39, 0.29) is 23.0 Å². The SMILES string of the molecule is CN[C@@H]1CCN(C(=O)N2CC[C@@H](Cn3ccc(-c4ccccc4)cc3=O)C3(CCCC3)C2)[C@H](c2ccccc2)C1. The second kappa shape index (κ2) is 11.6. The van der Waals surface area contributed by atoms with Crippen molar-refractivity contribution in [3.63, 3.8) is 0 Å². The van der Waals surface area contributed by atoms with Crippen molar-refractivity contribution in [2.75, 3.05) is 26.7 Å². The van der Waals surface area contributed by atoms with Crippen molar-refractivity contribution in [1.82, 2.24) is 19.7 Å². The van der Waals surface area contributed by atoms with Crippen molar-refractivity contribution in [2.45, 2.75) is 63.6 Å². The summed E-state index contributed by atoms with van der Waals surface area (Å²) in [5.41, 5.74) is 3.41. The molecule has 6 nitrogen and oxygen atoms in total. The van der Waals surface area contributed by atoms with Crippen LogP contribution in [0.3, 0.4) is 0 Å². The van der Waals surface area contributed by atoms with Crippen LogP contribution >= 0.6 is 0 Å². The molecule has 6 rings (SSSR count). The fraction of sp³-hybridized carbons (Fsp3) is 0.471. The molecule has 0 unspecified atom stereocenters. The van der Waals surface area contributed by atoms with Gasteiger partial charge in [0.2, 0.25) is 0 Å². The number of rotatable bonds is 5. The Labute approximate surface area is 238 Å². The van der Waals surface area contributed by atoms with Crippen molar-refractivity contribution >= 4 is 6.03 Å². The molecule has 6 heteroatoms. The molecule has 1 aromatic heterocycles. The summed E-state index contributed by atoms with van der Waals surface area (Å²) < 4.78 is 1.91. The summed E-state index contributed by atoms with van der Waals surface area (Å²) in [6, 6.07) is 25.2. The number of nitrogens with one attached hydrogen (secondary N) is 1. The molecule has 2 saturated heterocycles. The zero-order valence-electron chi connectivity index (χ0n) is 23.7. The number of likely N-dealkylation sites (tertiary alicyclic amines) is 2. The maximum absolute atomic E-state index is 14.1. The number of benzene rings is 2. The third-order valence-electron chi connectivity index (χ3n) is 9.95. The van der Waals surface area contributed by atoms with Gasteiger partial charge in [0.25, 0.3) is 5.56 Å². The quantitative estimate of drug-likeness (QED) is 0.437. The van der Waals surface area contributed by atoms with Gasteiger partial charge in [0.1, 0.15) is 0 Å². The lowest BCUT2D eigenvalue weighted by molar-refractivity contribution is 0.0209. The Morgan fingerprint density at radius 2 is 1.65 bits per heavy atom. The minimum Gasteiger partial charge on any atom is -0.324 e. The number of aromatic nitrogens is 1. The lowest BCUT2D eigenvalue weighted by atomic mass is 9.69. The Balaban J connectivity index is 1.19. The van der Waals surface area contributed by atoms with E-state index in [0.29, 0.717) is 12.0 Å². The van der Waals surface area contributed by atoms with Crippen molar-refractivity contribution in [3.8, 4) is 11.1 Å². The van der Waals surface area contributed by atoms with E-state index in [0.717, 1.165) is 69.4 Å². The summed E-state index contributed by atoms with van der Waals surface area (Å²) in [7, 11) is 2.03. The monoisotopic (exact) mass is 538 g/mol. The van der Waals surface area contributed by atoms with Gasteiger partial charge in [-0.3, -0.25) is 4.79 Å². The molecule has 2 aliphatic heterocycles. The van der Waals surface area contributed by atoms with Gasteiger partial charge in [-0.2, -0.15) is 0 Å². The predicted molar refractivity (Wildman–Crippen MR) is 160 cm³/mol. The van der Waals surface area contributed by atoms with Crippen LogP contribution in [0.1, 0.15) is 56.6 Å². The summed E-state index contributed by atoms with van der Waals surface area (Å²) in [4.78, 5) is 31.6. The van der Waals surface area contributed by atoms with Gasteiger partial charge in [-0.15, -0.1) is 0 Å². The molecule has 1 N–H and O–H groups in total. The Hall–Kier alpha value is -3.38. The van der Waals surface area contributed by atoms with Crippen LogP contribution in [-0.2, 0) is 6.54 Å². The summed E-state index contributed by atoms with van der Waals surface area (Å²) >= 11 is 0. The topological polar surface area (TPSA) is 57.6 Å². The number of carbonyl (C=O) groups excluding carboxylic acids is 1. The highest BCUT2D eigenvalue weighted by atomic mass is 16.2. The smallest absolute Gasteiger partial charge is 0.320 e. The molecule has 0 radical (unpaired) electrons. The van der Waals surface area contributed by atoms with E-state index in [9.17, 15) is 9.59 Å². The zero-order chi connectivity index (χ0) is 27.5. The van der Waals surface area contributed by atoms with Gasteiger partial charge >= 0.3 is 6.03 Å². The van der Waals surface area contributed by atoms with Crippen LogP contribution in [0.15, 0.2) is 83.8 Å². The number of carbonyl (C=O) groups is 1.